The summed E-state index contributed by atoms with van der Waals surface area (Å²) in [5.41, 5.74) is 3.32. The van der Waals surface area contributed by atoms with Crippen LogP contribution in [-0.4, -0.2) is 191 Å². The minimum Gasteiger partial charge on any atom is -0.496 e. The summed E-state index contributed by atoms with van der Waals surface area (Å²) >= 11 is 0. The molecule has 514 valence electrons. The maximum atomic E-state index is 13.5. The molecule has 0 fully saturated rings. The first-order valence-corrected chi connectivity index (χ1v) is 37.3. The summed E-state index contributed by atoms with van der Waals surface area (Å²) in [6.07, 6.45) is 5.36. The highest BCUT2D eigenvalue weighted by Crippen LogP contribution is 2.39. The highest BCUT2D eigenvalue weighted by atomic mass is 28.4. The first kappa shape index (κ1) is 74.0. The van der Waals surface area contributed by atoms with Crippen molar-refractivity contribution < 1.29 is 57.6 Å². The molecule has 95 heavy (non-hydrogen) atoms. The number of amides is 4. The molecule has 0 saturated carbocycles. The third kappa shape index (κ3) is 19.4. The molecule has 0 aliphatic carbocycles. The van der Waals surface area contributed by atoms with Gasteiger partial charge in [0, 0.05) is 38.6 Å². The van der Waals surface area contributed by atoms with Gasteiger partial charge < -0.3 is 58.8 Å². The molecule has 5 N–H and O–H groups in total. The maximum Gasteiger partial charge on any atom is 0.410 e. The van der Waals surface area contributed by atoms with Gasteiger partial charge in [-0.15, -0.1) is 10.2 Å². The number of hydrogen-bond donors (Lipinski definition) is 5. The number of methoxy groups -OCH3 is 2. The van der Waals surface area contributed by atoms with Gasteiger partial charge in [-0.3, -0.25) is 14.2 Å². The molecular weight excluding hydrogens is 1250 g/mol. The standard InChI is InChI=1S/C31H45N7O6Si.C30H39N9O4Si.C4H10O2/c1-20(18-44-45(8,9)30(2,3)4)38-27(34-35-36-38)24-11-10-12-26(32-24)33-28(39)23-15-22-17-37(29(40)43-19-31(5,6)41)14-13-21(22)16-25(23)42-7;1-20(18-43-44(6,7)30(2,3)4)39-27(34-35-36-39)24-9-8-10-26(32-24)33-28(40)23-15-22-17-37(29(41)38-14-12-31-19-38)13-11-21(22)16-25(23)42-5;1-4(2,6)3-5/h10-12,15-16,20,41H,13-14,17-19H2,1-9H3,(H,32,33,39);8-10,12,14-16,19-20H,11,13,17-18H2,1-7H3,(H,32,33,40);5-6H,3H2,1-2H3/t2*20-;/m11./s1. The van der Waals surface area contributed by atoms with Crippen molar-refractivity contribution in [2.75, 3.05) is 64.4 Å². The Morgan fingerprint density at radius 3 is 1.44 bits per heavy atom. The molecule has 7 heterocycles. The Morgan fingerprint density at radius 1 is 0.621 bits per heavy atom. The van der Waals surface area contributed by atoms with Gasteiger partial charge >= 0.3 is 12.1 Å². The Morgan fingerprint density at radius 2 is 1.05 bits per heavy atom. The van der Waals surface area contributed by atoms with Crippen molar-refractivity contribution in [2.24, 2.45) is 0 Å². The second kappa shape index (κ2) is 30.6. The lowest BCUT2D eigenvalue weighted by Gasteiger charge is -2.36. The van der Waals surface area contributed by atoms with Gasteiger partial charge in [0.15, 0.2) is 16.6 Å². The molecule has 2 aliphatic heterocycles. The highest BCUT2D eigenvalue weighted by Gasteiger charge is 2.39. The molecule has 0 spiro atoms. The number of carbonyl (C=O) groups is 4. The third-order valence-corrected chi connectivity index (χ3v) is 26.0. The molecular formula is C65H94N16O12Si2. The summed E-state index contributed by atoms with van der Waals surface area (Å²) in [6, 6.07) is 17.3. The number of aromatic nitrogens is 12. The monoisotopic (exact) mass is 1350 g/mol. The van der Waals surface area contributed by atoms with Gasteiger partial charge in [-0.2, -0.15) is 0 Å². The Kier molecular flexibility index (Phi) is 23.8. The van der Waals surface area contributed by atoms with E-state index in [1.165, 1.54) is 25.1 Å². The number of pyridine rings is 2. The van der Waals surface area contributed by atoms with Crippen LogP contribution in [0.5, 0.6) is 11.5 Å². The molecule has 2 atom stereocenters. The van der Waals surface area contributed by atoms with Crippen molar-refractivity contribution in [2.45, 2.75) is 169 Å². The highest BCUT2D eigenvalue weighted by molar-refractivity contribution is 6.74. The molecule has 28 nitrogen and oxygen atoms in total. The summed E-state index contributed by atoms with van der Waals surface area (Å²) in [5, 5.41) is 57.2. The number of aliphatic hydroxyl groups is 3. The summed E-state index contributed by atoms with van der Waals surface area (Å²) in [6.45, 7) is 34.5. The lowest BCUT2D eigenvalue weighted by Crippen LogP contribution is -2.42. The smallest absolute Gasteiger partial charge is 0.410 e. The van der Waals surface area contributed by atoms with E-state index in [9.17, 15) is 24.3 Å². The van der Waals surface area contributed by atoms with Crippen LogP contribution in [0.15, 0.2) is 79.4 Å². The molecule has 5 aromatic heterocycles. The van der Waals surface area contributed by atoms with E-state index in [1.807, 2.05) is 26.0 Å². The average Bonchev–Trinajstić information content (AvgIpc) is 1.19. The number of hydrogen-bond acceptors (Lipinski definition) is 21. The summed E-state index contributed by atoms with van der Waals surface area (Å²) < 4.78 is 34.0. The van der Waals surface area contributed by atoms with Crippen molar-refractivity contribution in [3.63, 3.8) is 0 Å². The zero-order valence-corrected chi connectivity index (χ0v) is 60.0. The average molecular weight is 1350 g/mol. The van der Waals surface area contributed by atoms with E-state index >= 15 is 0 Å². The van der Waals surface area contributed by atoms with E-state index in [-0.39, 0.29) is 53.9 Å². The number of imidazole rings is 1. The fourth-order valence-corrected chi connectivity index (χ4v) is 11.4. The van der Waals surface area contributed by atoms with E-state index in [0.29, 0.717) is 103 Å². The Hall–Kier alpha value is -8.40. The number of ether oxygens (including phenoxy) is 3. The second-order valence-electron chi connectivity index (χ2n) is 28.0. The number of aliphatic hydroxyl groups excluding tert-OH is 1. The number of benzene rings is 2. The zero-order chi connectivity index (χ0) is 70.0. The van der Waals surface area contributed by atoms with Crippen LogP contribution in [0.2, 0.25) is 36.3 Å². The first-order valence-electron chi connectivity index (χ1n) is 31.5. The summed E-state index contributed by atoms with van der Waals surface area (Å²) in [7, 11) is -0.875. The lowest BCUT2D eigenvalue weighted by atomic mass is 9.96. The minimum atomic E-state index is -1.96. The molecule has 30 heteroatoms. The molecule has 0 saturated heterocycles. The van der Waals surface area contributed by atoms with Crippen LogP contribution in [0.4, 0.5) is 21.2 Å². The minimum absolute atomic E-state index is 0.0774. The summed E-state index contributed by atoms with van der Waals surface area (Å²) in [5.74, 6) is 1.64. The van der Waals surface area contributed by atoms with E-state index in [0.717, 1.165) is 22.3 Å². The Balaban J connectivity index is 0.000000247. The number of nitrogens with one attached hydrogen (secondary N) is 2. The van der Waals surface area contributed by atoms with E-state index in [1.54, 1.807) is 108 Å². The van der Waals surface area contributed by atoms with Crippen molar-refractivity contribution in [1.29, 1.82) is 0 Å². The van der Waals surface area contributed by atoms with Crippen LogP contribution in [0.1, 0.15) is 138 Å². The topological polar surface area (TPSA) is 336 Å². The molecule has 2 aromatic carbocycles. The van der Waals surface area contributed by atoms with Crippen LogP contribution in [0.25, 0.3) is 23.0 Å². The Labute approximate surface area is 557 Å². The summed E-state index contributed by atoms with van der Waals surface area (Å²) in [4.78, 5) is 69.1. The fourth-order valence-electron chi connectivity index (χ4n) is 9.23. The van der Waals surface area contributed by atoms with Gasteiger partial charge in [0.25, 0.3) is 11.8 Å². The molecule has 0 bridgehead atoms. The van der Waals surface area contributed by atoms with E-state index < -0.39 is 39.8 Å². The lowest BCUT2D eigenvalue weighted by molar-refractivity contribution is -0.00487. The number of rotatable bonds is 19. The van der Waals surface area contributed by atoms with Gasteiger partial charge in [0.2, 0.25) is 11.6 Å². The molecule has 0 unspecified atom stereocenters. The second-order valence-corrected chi connectivity index (χ2v) is 37.7. The molecule has 7 aromatic rings. The third-order valence-electron chi connectivity index (χ3n) is 17.0. The van der Waals surface area contributed by atoms with Gasteiger partial charge in [-0.25, -0.2) is 33.9 Å². The van der Waals surface area contributed by atoms with Crippen LogP contribution >= 0.6 is 0 Å². The van der Waals surface area contributed by atoms with Crippen molar-refractivity contribution in [1.82, 2.24) is 69.7 Å². The van der Waals surface area contributed by atoms with E-state index in [4.69, 9.17) is 33.3 Å². The molecule has 0 radical (unpaired) electrons. The van der Waals surface area contributed by atoms with Crippen LogP contribution in [0, 0.1) is 0 Å². The fraction of sp³-hybridized carbons (Fsp3) is 0.523. The van der Waals surface area contributed by atoms with Gasteiger partial charge in [-0.1, -0.05) is 53.7 Å². The van der Waals surface area contributed by atoms with Crippen LogP contribution < -0.4 is 20.1 Å². The van der Waals surface area contributed by atoms with Gasteiger partial charge in [0.1, 0.15) is 47.5 Å². The van der Waals surface area contributed by atoms with Crippen molar-refractivity contribution in [3.8, 4) is 34.5 Å². The molecule has 4 amide bonds. The number of anilines is 2. The Bertz CT molecular complexity index is 3780. The zero-order valence-electron chi connectivity index (χ0n) is 58.0. The predicted octanol–water partition coefficient (Wildman–Crippen LogP) is 9.40. The largest absolute Gasteiger partial charge is 0.496 e. The van der Waals surface area contributed by atoms with Gasteiger partial charge in [-0.05, 0) is 182 Å². The quantitative estimate of drug-likeness (QED) is 0.0470. The number of tetrazole rings is 2. The maximum absolute atomic E-state index is 13.5. The normalized spacial score (nSPS) is 14.2. The molecule has 9 rings (SSSR count). The van der Waals surface area contributed by atoms with Crippen molar-refractivity contribution in [3.05, 3.63) is 113 Å². The van der Waals surface area contributed by atoms with Crippen LogP contribution in [-0.2, 0) is 39.5 Å². The molecule has 2 aliphatic rings. The van der Waals surface area contributed by atoms with Crippen LogP contribution in [0.3, 0.4) is 0 Å². The number of carbonyl (C=O) groups excluding carboxylic acids is 4. The first-order chi connectivity index (χ1) is 44.4. The number of fused-ring (bicyclic) bond motifs is 2. The predicted molar refractivity (Wildman–Crippen MR) is 362 cm³/mol. The number of nitrogens with zero attached hydrogens (tertiary/aromatic N) is 14. The van der Waals surface area contributed by atoms with E-state index in [2.05, 4.69) is 124 Å². The van der Waals surface area contributed by atoms with Gasteiger partial charge in [0.05, 0.1) is 68.5 Å². The SMILES string of the molecule is CC(C)(O)CO.COc1cc2c(cc1C(=O)Nc1cccc(-c3nnnn3[C@H](C)CO[Si](C)(C)C(C)(C)C)n1)CN(C(=O)OCC(C)(C)O)CC2.COc1cc2c(cc1C(=O)Nc1cccc(-c3nnnn3[C@H](C)CO[Si](C)(C)C(C)(C)C)n1)CN(C(=O)n1ccnc1)CC2. The van der Waals surface area contributed by atoms with Crippen molar-refractivity contribution >= 4 is 52.2 Å².